The van der Waals surface area contributed by atoms with E-state index in [2.05, 4.69) is 45.9 Å². The Bertz CT molecular complexity index is 502. The van der Waals surface area contributed by atoms with Crippen molar-refractivity contribution in [1.82, 2.24) is 0 Å². The summed E-state index contributed by atoms with van der Waals surface area (Å²) in [6, 6.07) is 10.6. The van der Waals surface area contributed by atoms with Crippen molar-refractivity contribution in [2.75, 3.05) is 0 Å². The zero-order chi connectivity index (χ0) is 16.5. The molecule has 2 aliphatic rings. The fourth-order valence-electron chi connectivity index (χ4n) is 2.57. The smallest absolute Gasteiger partial charge is 0.675 e. The van der Waals surface area contributed by atoms with Crippen LogP contribution >= 0.6 is 0 Å². The van der Waals surface area contributed by atoms with Crippen molar-refractivity contribution in [2.45, 2.75) is 59.4 Å². The Balaban J connectivity index is 0. The summed E-state index contributed by atoms with van der Waals surface area (Å²) < 4.78 is 0. The van der Waals surface area contributed by atoms with Gasteiger partial charge in [-0.05, 0) is 0 Å². The predicted molar refractivity (Wildman–Crippen MR) is 108 cm³/mol. The molecule has 2 aliphatic carbocycles. The molecule has 3 heteroatoms. The van der Waals surface area contributed by atoms with E-state index in [0.29, 0.717) is 12.0 Å². The van der Waals surface area contributed by atoms with Gasteiger partial charge in [0, 0.05) is 10.2 Å². The molecule has 0 amide bonds. The third kappa shape index (κ3) is 9.78. The van der Waals surface area contributed by atoms with Crippen LogP contribution in [0.5, 0.6) is 0 Å². The first-order valence-corrected chi connectivity index (χ1v) is 8.98. The third-order valence-corrected chi connectivity index (χ3v) is 4.91. The largest absolute Gasteiger partial charge is 3.00 e. The molecule has 130 valence electrons. The number of rotatable bonds is 0. The fourth-order valence-corrected chi connectivity index (χ4v) is 2.84. The quantitative estimate of drug-likeness (QED) is 0.445. The van der Waals surface area contributed by atoms with Crippen molar-refractivity contribution in [3.05, 3.63) is 66.3 Å². The Morgan fingerprint density at radius 2 is 1.54 bits per heavy atom. The maximum absolute atomic E-state index is 7.13. The number of hydrogen-bond acceptors (Lipinski definition) is 0. The van der Waals surface area contributed by atoms with Crippen LogP contribution < -0.4 is 5.19 Å². The van der Waals surface area contributed by atoms with Crippen molar-refractivity contribution in [2.24, 2.45) is 5.92 Å². The van der Waals surface area contributed by atoms with E-state index in [4.69, 9.17) is 5.73 Å². The molecule has 1 fully saturated rings. The van der Waals surface area contributed by atoms with Crippen LogP contribution in [0.3, 0.4) is 0 Å². The summed E-state index contributed by atoms with van der Waals surface area (Å²) in [4.78, 5) is 0. The minimum Gasteiger partial charge on any atom is -0.675 e. The van der Waals surface area contributed by atoms with Crippen LogP contribution in [0.1, 0.15) is 53.4 Å². The van der Waals surface area contributed by atoms with Gasteiger partial charge in [0.05, 0.1) is 0 Å². The van der Waals surface area contributed by atoms with Crippen molar-refractivity contribution < 1.29 is 21.7 Å². The normalized spacial score (nSPS) is 19.1. The van der Waals surface area contributed by atoms with Crippen LogP contribution in [-0.2, 0) is 21.7 Å². The van der Waals surface area contributed by atoms with Gasteiger partial charge in [-0.15, -0.1) is 13.0 Å². The Hall–Kier alpha value is -0.409. The molecule has 0 aliphatic heterocycles. The molecule has 1 unspecified atom stereocenters. The van der Waals surface area contributed by atoms with E-state index in [1.807, 2.05) is 28.4 Å². The van der Waals surface area contributed by atoms with Gasteiger partial charge in [0.1, 0.15) is 0 Å². The van der Waals surface area contributed by atoms with Crippen molar-refractivity contribution in [3.63, 3.8) is 0 Å². The van der Waals surface area contributed by atoms with Gasteiger partial charge in [-0.2, -0.15) is 11.1 Å². The first-order valence-electron chi connectivity index (χ1n) is 8.27. The van der Waals surface area contributed by atoms with Gasteiger partial charge >= 0.3 is 21.7 Å². The molecule has 0 bridgehead atoms. The molecule has 1 N–H and O–H groups in total. The third-order valence-electron chi connectivity index (χ3n) is 4.43. The molecule has 3 rings (SSSR count). The van der Waals surface area contributed by atoms with E-state index in [1.165, 1.54) is 34.7 Å². The summed E-state index contributed by atoms with van der Waals surface area (Å²) in [7, 11) is 1.90. The molecule has 2 radical (unpaired) electrons. The second-order valence-electron chi connectivity index (χ2n) is 6.27. The molecule has 1 atom stereocenters. The van der Waals surface area contributed by atoms with Gasteiger partial charge < -0.3 is 13.2 Å². The van der Waals surface area contributed by atoms with E-state index in [1.54, 1.807) is 0 Å². The van der Waals surface area contributed by atoms with Gasteiger partial charge in [0.2, 0.25) is 0 Å². The number of hydrogen-bond donors (Lipinski definition) is 0. The Morgan fingerprint density at radius 1 is 1.04 bits per heavy atom. The zero-order valence-corrected chi connectivity index (χ0v) is 19.1. The van der Waals surface area contributed by atoms with Gasteiger partial charge in [0.25, 0.3) is 0 Å². The first kappa shape index (κ1) is 25.8. The molecule has 0 aromatic heterocycles. The molecule has 0 heterocycles. The van der Waals surface area contributed by atoms with Gasteiger partial charge in [-0.3, -0.25) is 6.08 Å². The fraction of sp³-hybridized carbons (Fsp3) is 0.476. The molecule has 0 spiro atoms. The molecule has 1 nitrogen and oxygen atoms in total. The van der Waals surface area contributed by atoms with E-state index >= 15 is 0 Å². The Morgan fingerprint density at radius 3 is 1.71 bits per heavy atom. The molecule has 24 heavy (non-hydrogen) atoms. The summed E-state index contributed by atoms with van der Waals surface area (Å²) in [6.45, 7) is 8.67. The average molecular weight is 375 g/mol. The van der Waals surface area contributed by atoms with Crippen LogP contribution in [0.25, 0.3) is 5.73 Å². The summed E-state index contributed by atoms with van der Waals surface area (Å²) in [5, 5.41) is 1.35. The summed E-state index contributed by atoms with van der Waals surface area (Å²) in [5.41, 5.74) is 11.4. The standard InChI is InChI=1S/C9H13.C6H7Si.C5H10N.CH3.Ti/c1-6-5-7(2)9(4)8(6)3;7-6-4-2-1-3-5-6;6-5-3-1-2-4-5;;/h6H,1-4H3;1-5H,7H2;5-6H,1-4H2;1H3;/q-1;;2*-1;+3. The van der Waals surface area contributed by atoms with E-state index in [9.17, 15) is 0 Å². The van der Waals surface area contributed by atoms with E-state index in [-0.39, 0.29) is 29.1 Å². The monoisotopic (exact) mass is 375 g/mol. The van der Waals surface area contributed by atoms with Crippen LogP contribution in [0.4, 0.5) is 0 Å². The molecule has 1 saturated carbocycles. The molecule has 1 aromatic carbocycles. The predicted octanol–water partition coefficient (Wildman–Crippen LogP) is 5.10. The Labute approximate surface area is 168 Å². The van der Waals surface area contributed by atoms with E-state index < -0.39 is 0 Å². The number of allylic oxidation sites excluding steroid dienone is 4. The minimum atomic E-state index is 0. The minimum absolute atomic E-state index is 0. The zero-order valence-electron chi connectivity index (χ0n) is 16.1. The summed E-state index contributed by atoms with van der Waals surface area (Å²) >= 11 is 0. The van der Waals surface area contributed by atoms with Gasteiger partial charge in [0.15, 0.2) is 0 Å². The number of nitrogens with one attached hydrogen (secondary N) is 1. The SMILES string of the molecule is CC1=[C-]C(C)C(C)=C1C.[CH3-].[NH-]C1CCCC1.[SiH2]c1ccccc1.[Ti+3]. The van der Waals surface area contributed by atoms with Gasteiger partial charge in [-0.1, -0.05) is 87.9 Å². The van der Waals surface area contributed by atoms with Crippen LogP contribution in [-0.4, -0.2) is 16.3 Å². The van der Waals surface area contributed by atoms with Crippen molar-refractivity contribution >= 4 is 15.4 Å². The summed E-state index contributed by atoms with van der Waals surface area (Å²) in [5.74, 6) is 0.560. The van der Waals surface area contributed by atoms with Crippen molar-refractivity contribution in [3.8, 4) is 0 Å². The first-order chi connectivity index (χ1) is 10.4. The maximum atomic E-state index is 7.13. The topological polar surface area (TPSA) is 23.8 Å². The van der Waals surface area contributed by atoms with Crippen LogP contribution in [0.2, 0.25) is 0 Å². The van der Waals surface area contributed by atoms with Crippen LogP contribution in [0.15, 0.2) is 47.1 Å². The number of benzene rings is 1. The summed E-state index contributed by atoms with van der Waals surface area (Å²) in [6.07, 6.45) is 8.26. The Kier molecular flexibility index (Phi) is 14.9. The van der Waals surface area contributed by atoms with Gasteiger partial charge in [-0.25, -0.2) is 5.57 Å². The second-order valence-corrected chi connectivity index (χ2v) is 7.08. The molecule has 0 saturated heterocycles. The van der Waals surface area contributed by atoms with Crippen LogP contribution in [0, 0.1) is 19.4 Å². The van der Waals surface area contributed by atoms with E-state index in [0.717, 1.165) is 12.8 Å². The molecular weight excluding hydrogens is 342 g/mol. The van der Waals surface area contributed by atoms with Crippen molar-refractivity contribution in [1.29, 1.82) is 0 Å². The average Bonchev–Trinajstić information content (AvgIpc) is 3.05. The molecular formula is C21H33NSiTi. The molecule has 1 aromatic rings. The maximum Gasteiger partial charge on any atom is 3.00 e. The second kappa shape index (κ2) is 13.8.